The summed E-state index contributed by atoms with van der Waals surface area (Å²) >= 11 is 1.62. The van der Waals surface area contributed by atoms with Crippen LogP contribution in [0.4, 0.5) is 5.69 Å². The minimum atomic E-state index is -3.59. The number of aromatic nitrogens is 1. The minimum Gasteiger partial charge on any atom is -0.363 e. The number of nitrogens with one attached hydrogen (secondary N) is 2. The predicted molar refractivity (Wildman–Crippen MR) is 81.3 cm³/mol. The molecule has 0 aliphatic rings. The summed E-state index contributed by atoms with van der Waals surface area (Å²) in [6.07, 6.45) is 1.44. The molecule has 5 nitrogen and oxygen atoms in total. The number of fused-ring (bicyclic) bond motifs is 1. The van der Waals surface area contributed by atoms with Gasteiger partial charge in [-0.1, -0.05) is 0 Å². The third-order valence-corrected chi connectivity index (χ3v) is 5.21. The zero-order valence-corrected chi connectivity index (χ0v) is 12.1. The highest BCUT2D eigenvalue weighted by Gasteiger charge is 2.16. The molecule has 2 aromatic heterocycles. The Morgan fingerprint density at radius 3 is 2.85 bits per heavy atom. The quantitative estimate of drug-likeness (QED) is 0.692. The van der Waals surface area contributed by atoms with E-state index in [0.717, 1.165) is 10.1 Å². The average Bonchev–Trinajstić information content (AvgIpc) is 3.06. The van der Waals surface area contributed by atoms with Gasteiger partial charge in [0.1, 0.15) is 4.90 Å². The van der Waals surface area contributed by atoms with Crippen molar-refractivity contribution in [1.29, 1.82) is 0 Å². The molecule has 104 valence electrons. The van der Waals surface area contributed by atoms with Gasteiger partial charge in [0.05, 0.1) is 0 Å². The molecule has 1 aromatic carbocycles. The van der Waals surface area contributed by atoms with Crippen LogP contribution in [0, 0.1) is 0 Å². The van der Waals surface area contributed by atoms with Gasteiger partial charge in [0.2, 0.25) is 0 Å². The molecule has 0 spiro atoms. The van der Waals surface area contributed by atoms with E-state index < -0.39 is 10.0 Å². The molecular weight excluding hydrogens is 294 g/mol. The standard InChI is InChI=1S/C13H13N3O2S2/c14-7-11-6-12(8-15-11)20(17,18)16-10-1-2-13-9(5-10)3-4-19-13/h1-6,8,15-16H,7,14H2. The summed E-state index contributed by atoms with van der Waals surface area (Å²) in [5.41, 5.74) is 6.69. The minimum absolute atomic E-state index is 0.184. The van der Waals surface area contributed by atoms with E-state index in [1.165, 1.54) is 12.3 Å². The normalized spacial score (nSPS) is 11.8. The Bertz CT molecular complexity index is 849. The summed E-state index contributed by atoms with van der Waals surface area (Å²) in [5.74, 6) is 0. The lowest BCUT2D eigenvalue weighted by Gasteiger charge is -2.06. The molecule has 0 aliphatic heterocycles. The molecule has 0 saturated heterocycles. The molecule has 20 heavy (non-hydrogen) atoms. The second-order valence-corrected chi connectivity index (χ2v) is 6.97. The Balaban J connectivity index is 1.92. The Kier molecular flexibility index (Phi) is 3.25. The number of benzene rings is 1. The topological polar surface area (TPSA) is 88.0 Å². The summed E-state index contributed by atoms with van der Waals surface area (Å²) in [6.45, 7) is 0.274. The lowest BCUT2D eigenvalue weighted by molar-refractivity contribution is 0.601. The number of H-pyrrole nitrogens is 1. The van der Waals surface area contributed by atoms with Crippen molar-refractivity contribution in [3.63, 3.8) is 0 Å². The van der Waals surface area contributed by atoms with Gasteiger partial charge in [0, 0.05) is 28.8 Å². The van der Waals surface area contributed by atoms with E-state index >= 15 is 0 Å². The van der Waals surface area contributed by atoms with Crippen LogP contribution in [-0.4, -0.2) is 13.4 Å². The van der Waals surface area contributed by atoms with Crippen molar-refractivity contribution in [3.8, 4) is 0 Å². The number of sulfonamides is 1. The van der Waals surface area contributed by atoms with Gasteiger partial charge in [-0.3, -0.25) is 4.72 Å². The van der Waals surface area contributed by atoms with Crippen LogP contribution in [-0.2, 0) is 16.6 Å². The zero-order valence-electron chi connectivity index (χ0n) is 10.5. The van der Waals surface area contributed by atoms with E-state index in [1.54, 1.807) is 17.4 Å². The first kappa shape index (κ1) is 13.2. The number of thiophene rings is 1. The second kappa shape index (κ2) is 4.93. The van der Waals surface area contributed by atoms with E-state index in [-0.39, 0.29) is 11.4 Å². The first-order chi connectivity index (χ1) is 9.58. The Hall–Kier alpha value is -1.83. The van der Waals surface area contributed by atoms with Crippen LogP contribution in [0.5, 0.6) is 0 Å². The van der Waals surface area contributed by atoms with Gasteiger partial charge in [0.25, 0.3) is 10.0 Å². The van der Waals surface area contributed by atoms with Crippen LogP contribution >= 0.6 is 11.3 Å². The molecule has 0 radical (unpaired) electrons. The van der Waals surface area contributed by atoms with Gasteiger partial charge in [-0.2, -0.15) is 0 Å². The third-order valence-electron chi connectivity index (χ3n) is 2.95. The summed E-state index contributed by atoms with van der Waals surface area (Å²) < 4.78 is 28.2. The summed E-state index contributed by atoms with van der Waals surface area (Å²) in [6, 6.07) is 8.97. The lowest BCUT2D eigenvalue weighted by atomic mass is 10.2. The molecule has 0 amide bonds. The highest BCUT2D eigenvalue weighted by molar-refractivity contribution is 7.92. The molecule has 0 aliphatic carbocycles. The fourth-order valence-electron chi connectivity index (χ4n) is 1.94. The van der Waals surface area contributed by atoms with Gasteiger partial charge in [-0.15, -0.1) is 11.3 Å². The third kappa shape index (κ3) is 2.43. The fraction of sp³-hybridized carbons (Fsp3) is 0.0769. The maximum absolute atomic E-state index is 12.2. The maximum atomic E-state index is 12.2. The van der Waals surface area contributed by atoms with Crippen molar-refractivity contribution in [2.24, 2.45) is 5.73 Å². The van der Waals surface area contributed by atoms with Crippen LogP contribution in [0.2, 0.25) is 0 Å². The van der Waals surface area contributed by atoms with E-state index in [4.69, 9.17) is 5.73 Å². The molecule has 0 unspecified atom stereocenters. The Labute approximate surface area is 120 Å². The number of anilines is 1. The number of nitrogens with two attached hydrogens (primary N) is 1. The number of aromatic amines is 1. The van der Waals surface area contributed by atoms with Crippen molar-refractivity contribution in [3.05, 3.63) is 47.6 Å². The first-order valence-corrected chi connectivity index (χ1v) is 8.32. The zero-order chi connectivity index (χ0) is 14.2. The number of hydrogen-bond donors (Lipinski definition) is 3. The molecule has 4 N–H and O–H groups in total. The summed E-state index contributed by atoms with van der Waals surface area (Å²) in [5, 5.41) is 3.00. The van der Waals surface area contributed by atoms with Crippen LogP contribution in [0.15, 0.2) is 46.8 Å². The molecule has 0 saturated carbocycles. The molecule has 0 bridgehead atoms. The van der Waals surface area contributed by atoms with E-state index in [0.29, 0.717) is 11.4 Å². The molecule has 0 atom stereocenters. The highest BCUT2D eigenvalue weighted by Crippen LogP contribution is 2.25. The summed E-state index contributed by atoms with van der Waals surface area (Å²) in [7, 11) is -3.59. The summed E-state index contributed by atoms with van der Waals surface area (Å²) in [4.78, 5) is 3.01. The van der Waals surface area contributed by atoms with Gasteiger partial charge in [-0.05, 0) is 41.1 Å². The maximum Gasteiger partial charge on any atom is 0.263 e. The van der Waals surface area contributed by atoms with Gasteiger partial charge >= 0.3 is 0 Å². The molecule has 2 heterocycles. The van der Waals surface area contributed by atoms with Gasteiger partial charge in [0.15, 0.2) is 0 Å². The van der Waals surface area contributed by atoms with E-state index in [1.807, 2.05) is 23.6 Å². The van der Waals surface area contributed by atoms with Crippen molar-refractivity contribution in [2.75, 3.05) is 4.72 Å². The van der Waals surface area contributed by atoms with Crippen LogP contribution in [0.1, 0.15) is 5.69 Å². The second-order valence-electron chi connectivity index (χ2n) is 4.34. The van der Waals surface area contributed by atoms with E-state index in [9.17, 15) is 8.42 Å². The first-order valence-electron chi connectivity index (χ1n) is 5.96. The van der Waals surface area contributed by atoms with Crippen molar-refractivity contribution in [2.45, 2.75) is 11.4 Å². The van der Waals surface area contributed by atoms with Crippen LogP contribution < -0.4 is 10.5 Å². The SMILES string of the molecule is NCc1cc(S(=O)(=O)Nc2ccc3sccc3c2)c[nH]1. The van der Waals surface area contributed by atoms with Crippen molar-refractivity contribution in [1.82, 2.24) is 4.98 Å². The predicted octanol–water partition coefficient (Wildman–Crippen LogP) is 2.49. The Morgan fingerprint density at radius 2 is 2.10 bits per heavy atom. The van der Waals surface area contributed by atoms with Crippen molar-refractivity contribution < 1.29 is 8.42 Å². The molecule has 3 aromatic rings. The van der Waals surface area contributed by atoms with Crippen LogP contribution in [0.25, 0.3) is 10.1 Å². The van der Waals surface area contributed by atoms with Gasteiger partial charge < -0.3 is 10.7 Å². The molecule has 0 fully saturated rings. The smallest absolute Gasteiger partial charge is 0.263 e. The fourth-order valence-corrected chi connectivity index (χ4v) is 3.77. The Morgan fingerprint density at radius 1 is 1.25 bits per heavy atom. The van der Waals surface area contributed by atoms with Gasteiger partial charge in [-0.25, -0.2) is 8.42 Å². The number of rotatable bonds is 4. The average molecular weight is 307 g/mol. The highest BCUT2D eigenvalue weighted by atomic mass is 32.2. The van der Waals surface area contributed by atoms with E-state index in [2.05, 4.69) is 9.71 Å². The van der Waals surface area contributed by atoms with Crippen molar-refractivity contribution >= 4 is 37.1 Å². The number of hydrogen-bond acceptors (Lipinski definition) is 4. The molecular formula is C13H13N3O2S2. The molecule has 7 heteroatoms. The molecule has 3 rings (SSSR count). The lowest BCUT2D eigenvalue weighted by Crippen LogP contribution is -2.12. The largest absolute Gasteiger partial charge is 0.363 e. The van der Waals surface area contributed by atoms with Crippen LogP contribution in [0.3, 0.4) is 0 Å². The monoisotopic (exact) mass is 307 g/mol.